The predicted octanol–water partition coefficient (Wildman–Crippen LogP) is 2.77. The van der Waals surface area contributed by atoms with Gasteiger partial charge in [0, 0.05) is 1.37 Å². The quantitative estimate of drug-likeness (QED) is 0.378. The fourth-order valence-electron chi connectivity index (χ4n) is 3.50. The minimum absolute atomic E-state index is 0.193. The smallest absolute Gasteiger partial charge is 0.338 e. The molecule has 0 spiro atoms. The summed E-state index contributed by atoms with van der Waals surface area (Å²) in [5.41, 5.74) is 0.672. The van der Waals surface area contributed by atoms with Gasteiger partial charge in [0.25, 0.3) is 0 Å². The first kappa shape index (κ1) is 22.8. The Balaban J connectivity index is 1.57. The normalized spacial score (nSPS) is 24.0. The van der Waals surface area contributed by atoms with Crippen LogP contribution in [0.4, 0.5) is 0 Å². The Morgan fingerprint density at radius 3 is 1.74 bits per heavy atom. The lowest BCUT2D eigenvalue weighted by Crippen LogP contribution is -2.56. The third kappa shape index (κ3) is 6.32. The van der Waals surface area contributed by atoms with Crippen LogP contribution in [0.25, 0.3) is 0 Å². The van der Waals surface area contributed by atoms with Crippen molar-refractivity contribution in [3.05, 3.63) is 108 Å². The van der Waals surface area contributed by atoms with Gasteiger partial charge in [0.15, 0.2) is 6.10 Å². The van der Waals surface area contributed by atoms with Gasteiger partial charge >= 0.3 is 17.9 Å². The maximum absolute atomic E-state index is 12.8. The third-order valence-corrected chi connectivity index (χ3v) is 5.24. The lowest BCUT2D eigenvalue weighted by Gasteiger charge is -2.43. The standard InChI is InChI=1S/C27H23O8/c28-23-16-21(34-26(30)19-12-6-2-7-13-19)24(35-27(31)20-14-8-3-9-15-20)22(33-23)17-32-25(29)18-10-4-1-5-11-18/h1-15,21-24H,16-17H2/q-1/t21-,22-,23+,24+/m1/s1/i16D/t16-,21+,22+,23-,24-/m0. The molecule has 8 heteroatoms. The van der Waals surface area contributed by atoms with E-state index in [9.17, 15) is 19.5 Å². The third-order valence-electron chi connectivity index (χ3n) is 5.24. The van der Waals surface area contributed by atoms with Crippen molar-refractivity contribution in [2.45, 2.75) is 31.0 Å². The SMILES string of the molecule is [2H][C@H]1[C@@H](OC(=O)c2ccccc2)[C@H](OC(=O)c2ccccc2)[C@@H](COC(=O)c2ccccc2)O[C@@H]1[O-]. The van der Waals surface area contributed by atoms with Crippen LogP contribution in [-0.4, -0.2) is 49.1 Å². The van der Waals surface area contributed by atoms with Crippen LogP contribution >= 0.6 is 0 Å². The summed E-state index contributed by atoms with van der Waals surface area (Å²) in [6.07, 6.45) is -7.68. The van der Waals surface area contributed by atoms with E-state index in [1.54, 1.807) is 66.7 Å². The molecular formula is C27H23O8-. The topological polar surface area (TPSA) is 111 Å². The molecule has 0 amide bonds. The number of ether oxygens (including phenoxy) is 4. The Labute approximate surface area is 203 Å². The Kier molecular flexibility index (Phi) is 7.42. The van der Waals surface area contributed by atoms with E-state index < -0.39 is 55.5 Å². The molecule has 1 aliphatic rings. The largest absolute Gasteiger partial charge is 0.831 e. The maximum atomic E-state index is 12.8. The summed E-state index contributed by atoms with van der Waals surface area (Å²) in [6, 6.07) is 24.2. The molecular weight excluding hydrogens is 452 g/mol. The first-order valence-electron chi connectivity index (χ1n) is 11.5. The van der Waals surface area contributed by atoms with Crippen LogP contribution in [0.2, 0.25) is 0 Å². The number of rotatable bonds is 7. The molecule has 3 aromatic rings. The second kappa shape index (κ2) is 11.4. The summed E-state index contributed by atoms with van der Waals surface area (Å²) in [5.74, 6) is -2.26. The van der Waals surface area contributed by atoms with Crippen molar-refractivity contribution in [1.82, 2.24) is 0 Å². The molecule has 1 aliphatic heterocycles. The average molecular weight is 476 g/mol. The molecule has 0 N–H and O–H groups in total. The fourth-order valence-corrected chi connectivity index (χ4v) is 3.50. The Morgan fingerprint density at radius 2 is 1.23 bits per heavy atom. The zero-order chi connectivity index (χ0) is 25.5. The summed E-state index contributed by atoms with van der Waals surface area (Å²) in [4.78, 5) is 38.0. The molecule has 1 fully saturated rings. The van der Waals surface area contributed by atoms with E-state index in [0.717, 1.165) is 0 Å². The first-order valence-corrected chi connectivity index (χ1v) is 10.9. The van der Waals surface area contributed by atoms with Crippen molar-refractivity contribution in [2.24, 2.45) is 0 Å². The van der Waals surface area contributed by atoms with E-state index in [2.05, 4.69) is 0 Å². The zero-order valence-electron chi connectivity index (χ0n) is 19.5. The summed E-state index contributed by atoms with van der Waals surface area (Å²) in [5, 5.41) is 12.6. The lowest BCUT2D eigenvalue weighted by molar-refractivity contribution is -0.513. The predicted molar refractivity (Wildman–Crippen MR) is 121 cm³/mol. The van der Waals surface area contributed by atoms with Crippen LogP contribution in [0.5, 0.6) is 0 Å². The van der Waals surface area contributed by atoms with Gasteiger partial charge in [-0.3, -0.25) is 0 Å². The van der Waals surface area contributed by atoms with Gasteiger partial charge in [0.1, 0.15) is 18.8 Å². The molecule has 0 radical (unpaired) electrons. The van der Waals surface area contributed by atoms with Gasteiger partial charge in [-0.15, -0.1) is 0 Å². The highest BCUT2D eigenvalue weighted by Gasteiger charge is 2.42. The molecule has 180 valence electrons. The Hall–Kier alpha value is -4.01. The average Bonchev–Trinajstić information content (AvgIpc) is 2.92. The van der Waals surface area contributed by atoms with Gasteiger partial charge in [0.2, 0.25) is 0 Å². The number of hydrogen-bond donors (Lipinski definition) is 0. The number of carbonyl (C=O) groups excluding carboxylic acids is 3. The fraction of sp³-hybridized carbons (Fsp3) is 0.222. The summed E-state index contributed by atoms with van der Waals surface area (Å²) in [7, 11) is 0. The molecule has 1 saturated heterocycles. The van der Waals surface area contributed by atoms with Crippen molar-refractivity contribution in [1.29, 1.82) is 0 Å². The zero-order valence-corrected chi connectivity index (χ0v) is 18.5. The summed E-state index contributed by atoms with van der Waals surface area (Å²) < 4.78 is 30.1. The van der Waals surface area contributed by atoms with Crippen LogP contribution in [0.1, 0.15) is 38.8 Å². The number of carbonyl (C=O) groups is 3. The molecule has 35 heavy (non-hydrogen) atoms. The van der Waals surface area contributed by atoms with Crippen LogP contribution in [-0.2, 0) is 18.9 Å². The van der Waals surface area contributed by atoms with E-state index in [1.807, 2.05) is 0 Å². The van der Waals surface area contributed by atoms with Gasteiger partial charge in [-0.05, 0) is 49.1 Å². The molecule has 1 heterocycles. The van der Waals surface area contributed by atoms with Crippen LogP contribution in [0, 0.1) is 0 Å². The first-order chi connectivity index (χ1) is 17.4. The van der Waals surface area contributed by atoms with Crippen LogP contribution in [0.15, 0.2) is 91.0 Å². The van der Waals surface area contributed by atoms with Crippen molar-refractivity contribution < 1.29 is 39.8 Å². The highest BCUT2D eigenvalue weighted by molar-refractivity contribution is 5.90. The van der Waals surface area contributed by atoms with Crippen molar-refractivity contribution in [2.75, 3.05) is 6.61 Å². The van der Waals surface area contributed by atoms with Gasteiger partial charge in [-0.2, -0.15) is 0 Å². The molecule has 0 bridgehead atoms. The van der Waals surface area contributed by atoms with Gasteiger partial charge in [-0.1, -0.05) is 54.6 Å². The minimum Gasteiger partial charge on any atom is -0.831 e. The second-order valence-electron chi connectivity index (χ2n) is 7.67. The van der Waals surface area contributed by atoms with Gasteiger partial charge in [0.05, 0.1) is 16.7 Å². The summed E-state index contributed by atoms with van der Waals surface area (Å²) in [6.45, 7) is -0.467. The number of benzene rings is 3. The van der Waals surface area contributed by atoms with E-state index in [0.29, 0.717) is 0 Å². The lowest BCUT2D eigenvalue weighted by atomic mass is 10.0. The minimum atomic E-state index is -1.94. The maximum Gasteiger partial charge on any atom is 0.338 e. The monoisotopic (exact) mass is 476 g/mol. The van der Waals surface area contributed by atoms with Crippen LogP contribution < -0.4 is 5.11 Å². The molecule has 8 nitrogen and oxygen atoms in total. The van der Waals surface area contributed by atoms with Crippen molar-refractivity contribution >= 4 is 17.9 Å². The summed E-state index contributed by atoms with van der Waals surface area (Å²) >= 11 is 0. The van der Waals surface area contributed by atoms with E-state index in [-0.39, 0.29) is 16.7 Å². The molecule has 4 rings (SSSR count). The van der Waals surface area contributed by atoms with E-state index in [1.165, 1.54) is 24.3 Å². The molecule has 0 aliphatic carbocycles. The second-order valence-corrected chi connectivity index (χ2v) is 7.67. The molecule has 0 unspecified atom stereocenters. The van der Waals surface area contributed by atoms with Gasteiger partial charge < -0.3 is 24.1 Å². The highest BCUT2D eigenvalue weighted by atomic mass is 16.7. The van der Waals surface area contributed by atoms with Gasteiger partial charge in [-0.25, -0.2) is 14.4 Å². The van der Waals surface area contributed by atoms with Crippen molar-refractivity contribution in [3.63, 3.8) is 0 Å². The number of hydrogen-bond acceptors (Lipinski definition) is 8. The molecule has 5 atom stereocenters. The molecule has 3 aromatic carbocycles. The highest BCUT2D eigenvalue weighted by Crippen LogP contribution is 2.26. The van der Waals surface area contributed by atoms with E-state index in [4.69, 9.17) is 20.3 Å². The van der Waals surface area contributed by atoms with Crippen molar-refractivity contribution in [3.8, 4) is 0 Å². The van der Waals surface area contributed by atoms with Crippen LogP contribution in [0.3, 0.4) is 0 Å². The van der Waals surface area contributed by atoms with E-state index >= 15 is 0 Å². The Bertz CT molecular complexity index is 1170. The number of esters is 3. The Morgan fingerprint density at radius 1 is 0.771 bits per heavy atom. The molecule has 0 aromatic heterocycles. The molecule has 0 saturated carbocycles.